The Labute approximate surface area is 373 Å². The first-order valence-electron chi connectivity index (χ1n) is 22.9. The fourth-order valence-electron chi connectivity index (χ4n) is 5.24. The van der Waals surface area contributed by atoms with Gasteiger partial charge in [-0.2, -0.15) is 0 Å². The molecule has 344 valence electrons. The van der Waals surface area contributed by atoms with E-state index in [1.165, 1.54) is 0 Å². The van der Waals surface area contributed by atoms with Gasteiger partial charge in [-0.15, -0.1) is 0 Å². The van der Waals surface area contributed by atoms with Crippen LogP contribution in [-0.2, 0) is 27.9 Å². The molecule has 2 atom stereocenters. The minimum absolute atomic E-state index is 0.0623. The van der Waals surface area contributed by atoms with Crippen LogP contribution in [0.2, 0.25) is 0 Å². The summed E-state index contributed by atoms with van der Waals surface area (Å²) in [6, 6.07) is 0. The Morgan fingerprint density at radius 3 is 1.31 bits per heavy atom. The quantitative estimate of drug-likeness (QED) is 0.0216. The Morgan fingerprint density at radius 2 is 0.902 bits per heavy atom. The normalized spacial score (nSPS) is 14.9. The van der Waals surface area contributed by atoms with E-state index < -0.39 is 13.9 Å². The van der Waals surface area contributed by atoms with Crippen LogP contribution in [0.4, 0.5) is 0 Å². The molecule has 61 heavy (non-hydrogen) atoms. The van der Waals surface area contributed by atoms with Crippen LogP contribution in [-0.4, -0.2) is 75.6 Å². The van der Waals surface area contributed by atoms with Gasteiger partial charge in [-0.25, -0.2) is 4.57 Å². The molecule has 0 amide bonds. The van der Waals surface area contributed by atoms with Gasteiger partial charge in [-0.3, -0.25) is 13.8 Å². The number of quaternary nitrogens is 1. The Morgan fingerprint density at radius 1 is 0.508 bits per heavy atom. The van der Waals surface area contributed by atoms with Crippen molar-refractivity contribution in [2.45, 2.75) is 136 Å². The molecule has 8 nitrogen and oxygen atoms in total. The highest BCUT2D eigenvalue weighted by molar-refractivity contribution is 7.47. The second-order valence-electron chi connectivity index (χ2n) is 15.7. The van der Waals surface area contributed by atoms with Gasteiger partial charge in [0.2, 0.25) is 0 Å². The highest BCUT2D eigenvalue weighted by Gasteiger charge is 2.26. The van der Waals surface area contributed by atoms with E-state index in [2.05, 4.69) is 148 Å². The molecule has 0 bridgehead atoms. The van der Waals surface area contributed by atoms with Gasteiger partial charge in [-0.1, -0.05) is 154 Å². The average Bonchev–Trinajstić information content (AvgIpc) is 3.22. The molecule has 0 spiro atoms. The molecule has 0 radical (unpaired) electrons. The lowest BCUT2D eigenvalue weighted by Crippen LogP contribution is -2.37. The fourth-order valence-corrected chi connectivity index (χ4v) is 5.98. The third kappa shape index (κ3) is 47.5. The van der Waals surface area contributed by atoms with E-state index in [4.69, 9.17) is 18.5 Å². The van der Waals surface area contributed by atoms with Crippen molar-refractivity contribution in [2.75, 3.05) is 54.1 Å². The number of esters is 1. The molecule has 0 aromatic rings. The summed E-state index contributed by atoms with van der Waals surface area (Å²) in [5.41, 5.74) is 0. The van der Waals surface area contributed by atoms with Crippen molar-refractivity contribution >= 4 is 13.8 Å². The van der Waals surface area contributed by atoms with Crippen LogP contribution in [0, 0.1) is 0 Å². The van der Waals surface area contributed by atoms with Crippen LogP contribution in [0.3, 0.4) is 0 Å². The minimum Gasteiger partial charge on any atom is -0.457 e. The monoisotopic (exact) mass is 867 g/mol. The van der Waals surface area contributed by atoms with Crippen LogP contribution >= 0.6 is 7.82 Å². The molecule has 0 fully saturated rings. The van der Waals surface area contributed by atoms with Gasteiger partial charge < -0.3 is 18.9 Å². The molecule has 0 saturated carbocycles. The van der Waals surface area contributed by atoms with Crippen molar-refractivity contribution in [3.8, 4) is 0 Å². The number of unbranched alkanes of at least 4 members (excludes halogenated alkanes) is 4. The Bertz CT molecular complexity index is 1420. The van der Waals surface area contributed by atoms with Gasteiger partial charge in [0, 0.05) is 13.0 Å². The van der Waals surface area contributed by atoms with Crippen LogP contribution in [0.1, 0.15) is 129 Å². The first kappa shape index (κ1) is 57.6. The van der Waals surface area contributed by atoms with E-state index >= 15 is 0 Å². The first-order chi connectivity index (χ1) is 29.6. The van der Waals surface area contributed by atoms with Gasteiger partial charge in [0.15, 0.2) is 0 Å². The second-order valence-corrected chi connectivity index (χ2v) is 17.1. The molecule has 0 aliphatic carbocycles. The first-order valence-corrected chi connectivity index (χ1v) is 24.4. The summed E-state index contributed by atoms with van der Waals surface area (Å²) in [6.45, 7) is 5.18. The molecular weight excluding hydrogens is 782 g/mol. The lowest BCUT2D eigenvalue weighted by molar-refractivity contribution is -0.870. The zero-order valence-electron chi connectivity index (χ0n) is 38.8. The van der Waals surface area contributed by atoms with Crippen molar-refractivity contribution in [1.82, 2.24) is 0 Å². The minimum atomic E-state index is -4.31. The van der Waals surface area contributed by atoms with Crippen molar-refractivity contribution in [1.29, 1.82) is 0 Å². The number of phosphoric acid groups is 1. The smallest absolute Gasteiger partial charge is 0.457 e. The van der Waals surface area contributed by atoms with E-state index in [0.717, 1.165) is 103 Å². The lowest BCUT2D eigenvalue weighted by Gasteiger charge is -2.24. The molecule has 9 heteroatoms. The molecule has 0 aliphatic heterocycles. The summed E-state index contributed by atoms with van der Waals surface area (Å²) in [5.74, 6) is -0.390. The van der Waals surface area contributed by atoms with Crippen LogP contribution in [0.5, 0.6) is 0 Å². The van der Waals surface area contributed by atoms with Gasteiger partial charge in [0.05, 0.1) is 34.4 Å². The number of rotatable bonds is 40. The SMILES string of the molecule is CC/C=C\C/C=C\C/C=C\C/C=C\C/C=C\C/C=C\C/C=C\CCCC(=O)OC(COCCCCC/C=C\C/C=C\C/C=C\C/C=C\CC)COP(=O)(O)OCC[N+](C)(C)C. The second kappa shape index (κ2) is 43.3. The van der Waals surface area contributed by atoms with Crippen molar-refractivity contribution in [2.24, 2.45) is 0 Å². The van der Waals surface area contributed by atoms with Gasteiger partial charge in [-0.05, 0) is 103 Å². The zero-order valence-corrected chi connectivity index (χ0v) is 39.7. The molecule has 0 aromatic carbocycles. The van der Waals surface area contributed by atoms with Crippen LogP contribution < -0.4 is 0 Å². The average molecular weight is 867 g/mol. The number of carbonyl (C=O) groups excluding carboxylic acids is 1. The highest BCUT2D eigenvalue weighted by atomic mass is 31.2. The maximum Gasteiger partial charge on any atom is 0.472 e. The number of nitrogens with zero attached hydrogens (tertiary/aromatic N) is 1. The summed E-state index contributed by atoms with van der Waals surface area (Å²) in [4.78, 5) is 22.9. The predicted molar refractivity (Wildman–Crippen MR) is 260 cm³/mol. The van der Waals surface area contributed by atoms with Crippen molar-refractivity contribution in [3.63, 3.8) is 0 Å². The van der Waals surface area contributed by atoms with Gasteiger partial charge in [0.25, 0.3) is 0 Å². The highest BCUT2D eigenvalue weighted by Crippen LogP contribution is 2.43. The Kier molecular flexibility index (Phi) is 40.9. The third-order valence-corrected chi connectivity index (χ3v) is 9.69. The summed E-state index contributed by atoms with van der Waals surface area (Å²) in [7, 11) is 1.58. The Balaban J connectivity index is 4.42. The topological polar surface area (TPSA) is 91.3 Å². The summed E-state index contributed by atoms with van der Waals surface area (Å²) in [6.07, 6.45) is 63.6. The number of ether oxygens (including phenoxy) is 2. The molecule has 0 heterocycles. The molecule has 0 rings (SSSR count). The third-order valence-electron chi connectivity index (χ3n) is 8.71. The fraction of sp³-hybridized carbons (Fsp3) is 0.558. The van der Waals surface area contributed by atoms with Crippen molar-refractivity contribution in [3.05, 3.63) is 134 Å². The molecule has 0 aliphatic rings. The molecule has 0 aromatic heterocycles. The predicted octanol–water partition coefficient (Wildman–Crippen LogP) is 13.9. The summed E-state index contributed by atoms with van der Waals surface area (Å²) < 4.78 is 34.9. The summed E-state index contributed by atoms with van der Waals surface area (Å²) >= 11 is 0. The van der Waals surface area contributed by atoms with Crippen molar-refractivity contribution < 1.29 is 37.3 Å². The maximum absolute atomic E-state index is 12.7. The lowest BCUT2D eigenvalue weighted by atomic mass is 10.2. The maximum atomic E-state index is 12.7. The number of phosphoric ester groups is 1. The van der Waals surface area contributed by atoms with E-state index in [0.29, 0.717) is 24.1 Å². The largest absolute Gasteiger partial charge is 0.472 e. The van der Waals surface area contributed by atoms with Gasteiger partial charge in [0.1, 0.15) is 19.3 Å². The van der Waals surface area contributed by atoms with Gasteiger partial charge >= 0.3 is 13.8 Å². The standard InChI is InChI=1S/C52H84NO7P/c1-6-8-10-12-14-16-18-20-22-24-25-26-27-28-29-30-31-33-35-37-39-41-43-45-52(54)60-51(50-59-61(55,56)58-48-46-53(3,4)5)49-57-47-44-42-40-38-36-34-32-23-21-19-17-15-13-11-9-7-2/h8-11,14-17,20-23,25-26,28-29,31,33-34,36-37,39,51H,6-7,12-13,18-19,24,27,30,32,35,38,40-50H2,1-5H3/p+1/b10-8-,11-9-,16-14-,17-15-,22-20-,23-21-,26-25-,29-28-,33-31-,36-34-,39-37-. The zero-order chi connectivity index (χ0) is 44.8. The molecule has 0 saturated heterocycles. The van der Waals surface area contributed by atoms with E-state index in [-0.39, 0.29) is 32.2 Å². The molecule has 1 N–H and O–H groups in total. The number of allylic oxidation sites excluding steroid dienone is 22. The van der Waals surface area contributed by atoms with Crippen LogP contribution in [0.15, 0.2) is 134 Å². The number of hydrogen-bond donors (Lipinski definition) is 1. The van der Waals surface area contributed by atoms with E-state index in [9.17, 15) is 14.3 Å². The number of likely N-dealkylation sites (N-methyl/N-ethyl adjacent to an activating group) is 1. The molecular formula is C52H85NO7P+. The number of hydrogen-bond acceptors (Lipinski definition) is 6. The summed E-state index contributed by atoms with van der Waals surface area (Å²) in [5, 5.41) is 0. The Hall–Kier alpha value is -3.36. The molecule has 2 unspecified atom stereocenters. The van der Waals surface area contributed by atoms with E-state index in [1.807, 2.05) is 21.1 Å². The number of carbonyl (C=O) groups is 1. The van der Waals surface area contributed by atoms with Crippen LogP contribution in [0.25, 0.3) is 0 Å². The van der Waals surface area contributed by atoms with E-state index in [1.54, 1.807) is 0 Å².